The number of aliphatic hydroxyl groups is 1. The van der Waals surface area contributed by atoms with Gasteiger partial charge in [0.25, 0.3) is 0 Å². The largest absolute Gasteiger partial charge is 0.384 e. The van der Waals surface area contributed by atoms with Gasteiger partial charge in [-0.05, 0) is 94.8 Å². The molecule has 4 saturated heterocycles. The average Bonchev–Trinajstić information content (AvgIpc) is 3.36. The van der Waals surface area contributed by atoms with E-state index in [9.17, 15) is 10.4 Å². The van der Waals surface area contributed by atoms with E-state index in [1.807, 2.05) is 10.9 Å². The molecule has 0 radical (unpaired) electrons. The summed E-state index contributed by atoms with van der Waals surface area (Å²) < 4.78 is 34.0. The molecule has 254 valence electrons. The fraction of sp³-hybridized carbons (Fsp3) is 0.941. The van der Waals surface area contributed by atoms with Crippen LogP contribution in [0.3, 0.4) is 0 Å². The first-order valence-corrected chi connectivity index (χ1v) is 17.8. The average molecular weight is 634 g/mol. The Balaban J connectivity index is 1.02. The topological polar surface area (TPSA) is 127 Å². The second kappa shape index (κ2) is 12.4. The molecule has 6 fully saturated rings. The van der Waals surface area contributed by atoms with Crippen LogP contribution in [0.1, 0.15) is 105 Å². The van der Waals surface area contributed by atoms with Crippen molar-refractivity contribution in [2.45, 2.75) is 148 Å². The normalized spacial score (nSPS) is 51.5. The van der Waals surface area contributed by atoms with E-state index in [0.717, 1.165) is 57.1 Å². The molecule has 7 rings (SSSR count). The first-order chi connectivity index (χ1) is 21.6. The SMILES string of the molecule is CC1CCC2C(C)CCC3C(C)C(n4cc(CCOC5OC6OC(C)CCC7C(C)CCC(C5C)C67OO)nn4)OC(O1)C23O. The molecule has 11 heteroatoms. The first kappa shape index (κ1) is 32.4. The van der Waals surface area contributed by atoms with Crippen LogP contribution < -0.4 is 0 Å². The van der Waals surface area contributed by atoms with Gasteiger partial charge >= 0.3 is 0 Å². The highest BCUT2D eigenvalue weighted by Gasteiger charge is 2.65. The predicted molar refractivity (Wildman–Crippen MR) is 162 cm³/mol. The van der Waals surface area contributed by atoms with Gasteiger partial charge in [0.15, 0.2) is 30.7 Å². The number of hydrogen-bond donors (Lipinski definition) is 2. The van der Waals surface area contributed by atoms with Crippen LogP contribution in [-0.4, -0.2) is 74.2 Å². The third-order valence-corrected chi connectivity index (χ3v) is 13.1. The third kappa shape index (κ3) is 5.23. The Morgan fingerprint density at radius 1 is 0.778 bits per heavy atom. The quantitative estimate of drug-likeness (QED) is 0.314. The number of ether oxygens (including phenoxy) is 5. The van der Waals surface area contributed by atoms with Crippen molar-refractivity contribution in [2.75, 3.05) is 6.61 Å². The van der Waals surface area contributed by atoms with E-state index in [1.54, 1.807) is 0 Å². The van der Waals surface area contributed by atoms with Gasteiger partial charge in [0.2, 0.25) is 0 Å². The summed E-state index contributed by atoms with van der Waals surface area (Å²) in [7, 11) is 0. The molecule has 2 aliphatic carbocycles. The van der Waals surface area contributed by atoms with Gasteiger partial charge in [-0.3, -0.25) is 5.26 Å². The van der Waals surface area contributed by atoms with Crippen LogP contribution in [0.25, 0.3) is 0 Å². The van der Waals surface area contributed by atoms with Crippen molar-refractivity contribution >= 4 is 0 Å². The van der Waals surface area contributed by atoms with Crippen molar-refractivity contribution < 1.29 is 38.9 Å². The lowest BCUT2D eigenvalue weighted by molar-refractivity contribution is -0.460. The zero-order valence-electron chi connectivity index (χ0n) is 27.9. The van der Waals surface area contributed by atoms with Gasteiger partial charge in [0.05, 0.1) is 30.7 Å². The molecular formula is C34H55N3O8. The van der Waals surface area contributed by atoms with Gasteiger partial charge in [-0.2, -0.15) is 0 Å². The van der Waals surface area contributed by atoms with Crippen LogP contribution in [0.2, 0.25) is 0 Å². The van der Waals surface area contributed by atoms with Crippen molar-refractivity contribution in [1.82, 2.24) is 15.0 Å². The summed E-state index contributed by atoms with van der Waals surface area (Å²) in [5, 5.41) is 31.5. The molecule has 4 aliphatic heterocycles. The minimum atomic E-state index is -0.986. The molecule has 45 heavy (non-hydrogen) atoms. The third-order valence-electron chi connectivity index (χ3n) is 13.1. The van der Waals surface area contributed by atoms with E-state index in [0.29, 0.717) is 24.9 Å². The molecule has 16 unspecified atom stereocenters. The van der Waals surface area contributed by atoms with Gasteiger partial charge in [-0.15, -0.1) is 5.10 Å². The highest BCUT2D eigenvalue weighted by molar-refractivity contribution is 5.09. The smallest absolute Gasteiger partial charge is 0.193 e. The van der Waals surface area contributed by atoms with Crippen molar-refractivity contribution in [3.05, 3.63) is 11.9 Å². The number of nitrogens with zero attached hydrogens (tertiary/aromatic N) is 3. The summed E-state index contributed by atoms with van der Waals surface area (Å²) in [6.07, 6.45) is 8.17. The van der Waals surface area contributed by atoms with E-state index < -0.39 is 30.1 Å². The fourth-order valence-electron chi connectivity index (χ4n) is 10.5. The summed E-state index contributed by atoms with van der Waals surface area (Å²) in [4.78, 5) is 5.43. The molecule has 5 heterocycles. The van der Waals surface area contributed by atoms with Crippen molar-refractivity contribution in [3.8, 4) is 0 Å². The predicted octanol–water partition coefficient (Wildman–Crippen LogP) is 5.33. The van der Waals surface area contributed by atoms with E-state index >= 15 is 0 Å². The van der Waals surface area contributed by atoms with Gasteiger partial charge in [-0.25, -0.2) is 9.57 Å². The van der Waals surface area contributed by atoms with Gasteiger partial charge in [0.1, 0.15) is 5.60 Å². The number of rotatable bonds is 6. The standard InChI is InChI=1S/C34H55N3O8/c1-18-7-11-27-22(5)29(43-31-33(27,38)25(18)13-9-20(3)41-31)37-17-24(35-36-37)15-16-40-30-23(6)28-12-8-19(2)26-14-10-21(4)42-32(44-30)34(26,28)45-39/h17-23,25-32,38-39H,7-16H2,1-6H3. The van der Waals surface area contributed by atoms with Crippen LogP contribution >= 0.6 is 0 Å². The van der Waals surface area contributed by atoms with E-state index in [1.165, 1.54) is 0 Å². The van der Waals surface area contributed by atoms with Crippen LogP contribution in [0.4, 0.5) is 0 Å². The molecule has 1 aromatic heterocycles. The molecule has 16 atom stereocenters. The van der Waals surface area contributed by atoms with Crippen LogP contribution in [0.15, 0.2) is 6.20 Å². The molecule has 0 aromatic carbocycles. The Hall–Kier alpha value is -1.18. The summed E-state index contributed by atoms with van der Waals surface area (Å²) in [6.45, 7) is 13.4. The Morgan fingerprint density at radius 3 is 2.16 bits per heavy atom. The van der Waals surface area contributed by atoms with Gasteiger partial charge in [0, 0.05) is 24.2 Å². The van der Waals surface area contributed by atoms with Gasteiger partial charge < -0.3 is 28.8 Å². The second-order valence-corrected chi connectivity index (χ2v) is 15.6. The highest BCUT2D eigenvalue weighted by atomic mass is 17.1. The Labute approximate surface area is 267 Å². The van der Waals surface area contributed by atoms with Crippen LogP contribution in [-0.2, 0) is 35.0 Å². The first-order valence-electron chi connectivity index (χ1n) is 17.8. The Kier molecular flexibility index (Phi) is 8.90. The lowest BCUT2D eigenvalue weighted by atomic mass is 9.58. The summed E-state index contributed by atoms with van der Waals surface area (Å²) in [5.41, 5.74) is -1.05. The summed E-state index contributed by atoms with van der Waals surface area (Å²) in [5.74, 6) is 1.42. The zero-order valence-corrected chi connectivity index (χ0v) is 27.9. The van der Waals surface area contributed by atoms with Crippen molar-refractivity contribution in [2.24, 2.45) is 47.3 Å². The maximum absolute atomic E-state index is 12.2. The minimum absolute atomic E-state index is 0.0134. The van der Waals surface area contributed by atoms with Crippen molar-refractivity contribution in [1.29, 1.82) is 0 Å². The lowest BCUT2D eigenvalue weighted by Gasteiger charge is -2.57. The molecule has 0 amide bonds. The molecule has 0 bridgehead atoms. The highest BCUT2D eigenvalue weighted by Crippen LogP contribution is 2.58. The maximum Gasteiger partial charge on any atom is 0.193 e. The molecular weight excluding hydrogens is 578 g/mol. The molecule has 1 aromatic rings. The number of aromatic nitrogens is 3. The molecule has 11 nitrogen and oxygen atoms in total. The molecule has 0 spiro atoms. The maximum atomic E-state index is 12.2. The molecule has 2 N–H and O–H groups in total. The van der Waals surface area contributed by atoms with E-state index in [4.69, 9.17) is 28.6 Å². The fourth-order valence-corrected chi connectivity index (χ4v) is 10.5. The van der Waals surface area contributed by atoms with Crippen molar-refractivity contribution in [3.63, 3.8) is 0 Å². The van der Waals surface area contributed by atoms with E-state index in [2.05, 4.69) is 51.9 Å². The second-order valence-electron chi connectivity index (χ2n) is 15.6. The Morgan fingerprint density at radius 2 is 1.42 bits per heavy atom. The molecule has 6 aliphatic rings. The number of hydrogen-bond acceptors (Lipinski definition) is 10. The summed E-state index contributed by atoms with van der Waals surface area (Å²) >= 11 is 0. The lowest BCUT2D eigenvalue weighted by Crippen LogP contribution is -2.67. The van der Waals surface area contributed by atoms with Gasteiger partial charge in [-0.1, -0.05) is 32.9 Å². The van der Waals surface area contributed by atoms with Crippen LogP contribution in [0.5, 0.6) is 0 Å². The summed E-state index contributed by atoms with van der Waals surface area (Å²) in [6, 6.07) is 0. The molecule has 2 saturated carbocycles. The Bertz CT molecular complexity index is 1190. The monoisotopic (exact) mass is 633 g/mol. The zero-order chi connectivity index (χ0) is 31.7. The van der Waals surface area contributed by atoms with Crippen LogP contribution in [0, 0.1) is 47.3 Å². The van der Waals surface area contributed by atoms with E-state index in [-0.39, 0.29) is 53.9 Å². The minimum Gasteiger partial charge on any atom is -0.384 e.